The van der Waals surface area contributed by atoms with Gasteiger partial charge in [-0.3, -0.25) is 9.36 Å². The predicted molar refractivity (Wildman–Crippen MR) is 106 cm³/mol. The third-order valence-corrected chi connectivity index (χ3v) is 5.31. The average Bonchev–Trinajstić information content (AvgIpc) is 3.31. The van der Waals surface area contributed by atoms with Gasteiger partial charge < -0.3 is 10.1 Å². The summed E-state index contributed by atoms with van der Waals surface area (Å²) in [7, 11) is 1.61. The van der Waals surface area contributed by atoms with Gasteiger partial charge in [-0.1, -0.05) is 23.9 Å². The van der Waals surface area contributed by atoms with Crippen molar-refractivity contribution < 1.29 is 9.53 Å². The first-order chi connectivity index (χ1) is 12.7. The molecule has 6 nitrogen and oxygen atoms in total. The van der Waals surface area contributed by atoms with Crippen molar-refractivity contribution in [1.82, 2.24) is 14.8 Å². The molecule has 1 N–H and O–H groups in total. The molecule has 0 fully saturated rings. The summed E-state index contributed by atoms with van der Waals surface area (Å²) in [6.45, 7) is 4.38. The number of allylic oxidation sites excluding steroid dienone is 1. The summed E-state index contributed by atoms with van der Waals surface area (Å²) in [6.07, 6.45) is 1.79. The molecule has 0 bridgehead atoms. The molecule has 2 heterocycles. The van der Waals surface area contributed by atoms with Crippen LogP contribution in [0.1, 0.15) is 0 Å². The Morgan fingerprint density at radius 1 is 1.35 bits per heavy atom. The minimum absolute atomic E-state index is 0.106. The van der Waals surface area contributed by atoms with E-state index in [1.807, 2.05) is 22.1 Å². The highest BCUT2D eigenvalue weighted by molar-refractivity contribution is 7.99. The number of carbonyl (C=O) groups is 1. The molecule has 0 aliphatic rings. The average molecular weight is 387 g/mol. The molecule has 1 amide bonds. The Morgan fingerprint density at radius 3 is 2.81 bits per heavy atom. The minimum atomic E-state index is -0.106. The van der Waals surface area contributed by atoms with Crippen molar-refractivity contribution in [3.05, 3.63) is 54.4 Å². The van der Waals surface area contributed by atoms with E-state index in [0.717, 1.165) is 22.1 Å². The highest BCUT2D eigenvalue weighted by Crippen LogP contribution is 2.27. The smallest absolute Gasteiger partial charge is 0.234 e. The highest BCUT2D eigenvalue weighted by Gasteiger charge is 2.15. The summed E-state index contributed by atoms with van der Waals surface area (Å²) in [4.78, 5) is 13.2. The Kier molecular flexibility index (Phi) is 6.08. The fraction of sp³-hybridized carbons (Fsp3) is 0.167. The molecule has 0 aliphatic carbocycles. The van der Waals surface area contributed by atoms with Crippen LogP contribution in [0.25, 0.3) is 10.7 Å². The zero-order valence-electron chi connectivity index (χ0n) is 14.2. The van der Waals surface area contributed by atoms with Crippen LogP contribution in [0.5, 0.6) is 5.75 Å². The standard InChI is InChI=1S/C18H18N4O2S2/c1-3-10-22-17(15-5-4-11-25-15)20-21-18(22)26-12-16(23)19-13-6-8-14(24-2)9-7-13/h3-9,11H,1,10,12H2,2H3,(H,19,23). The molecule has 1 aromatic carbocycles. The number of rotatable bonds is 8. The number of nitrogens with one attached hydrogen (secondary N) is 1. The van der Waals surface area contributed by atoms with Crippen molar-refractivity contribution in [2.75, 3.05) is 18.2 Å². The zero-order valence-corrected chi connectivity index (χ0v) is 15.8. The van der Waals surface area contributed by atoms with Crippen molar-refractivity contribution in [2.45, 2.75) is 11.7 Å². The second-order valence-corrected chi connectivity index (χ2v) is 7.14. The zero-order chi connectivity index (χ0) is 18.4. The molecule has 0 saturated carbocycles. The van der Waals surface area contributed by atoms with Crippen LogP contribution >= 0.6 is 23.1 Å². The van der Waals surface area contributed by atoms with E-state index < -0.39 is 0 Å². The van der Waals surface area contributed by atoms with Gasteiger partial charge in [0.15, 0.2) is 11.0 Å². The lowest BCUT2D eigenvalue weighted by Gasteiger charge is -2.08. The number of hydrogen-bond acceptors (Lipinski definition) is 6. The van der Waals surface area contributed by atoms with Gasteiger partial charge in [0, 0.05) is 12.2 Å². The van der Waals surface area contributed by atoms with Crippen LogP contribution in [0.4, 0.5) is 5.69 Å². The topological polar surface area (TPSA) is 69.0 Å². The van der Waals surface area contributed by atoms with Gasteiger partial charge in [-0.05, 0) is 35.7 Å². The van der Waals surface area contributed by atoms with E-state index in [0.29, 0.717) is 11.7 Å². The van der Waals surface area contributed by atoms with Crippen LogP contribution in [-0.2, 0) is 11.3 Å². The fourth-order valence-electron chi connectivity index (χ4n) is 2.28. The molecular formula is C18H18N4O2S2. The maximum absolute atomic E-state index is 12.2. The SMILES string of the molecule is C=CCn1c(SCC(=O)Nc2ccc(OC)cc2)nnc1-c1cccs1. The minimum Gasteiger partial charge on any atom is -0.497 e. The molecule has 3 aromatic rings. The molecule has 0 unspecified atom stereocenters. The van der Waals surface area contributed by atoms with Crippen LogP contribution in [0.3, 0.4) is 0 Å². The molecule has 0 spiro atoms. The van der Waals surface area contributed by atoms with Crippen molar-refractivity contribution in [1.29, 1.82) is 0 Å². The van der Waals surface area contributed by atoms with Crippen molar-refractivity contribution >= 4 is 34.7 Å². The molecule has 2 aromatic heterocycles. The van der Waals surface area contributed by atoms with Gasteiger partial charge >= 0.3 is 0 Å². The lowest BCUT2D eigenvalue weighted by atomic mass is 10.3. The predicted octanol–water partition coefficient (Wildman–Crippen LogP) is 3.93. The monoisotopic (exact) mass is 386 g/mol. The number of nitrogens with zero attached hydrogens (tertiary/aromatic N) is 3. The number of anilines is 1. The normalized spacial score (nSPS) is 10.5. The maximum Gasteiger partial charge on any atom is 0.234 e. The van der Waals surface area contributed by atoms with Gasteiger partial charge in [-0.15, -0.1) is 28.1 Å². The number of carbonyl (C=O) groups excluding carboxylic acids is 1. The van der Waals surface area contributed by atoms with Crippen LogP contribution in [0.2, 0.25) is 0 Å². The molecule has 0 radical (unpaired) electrons. The highest BCUT2D eigenvalue weighted by atomic mass is 32.2. The van der Waals surface area contributed by atoms with E-state index in [1.54, 1.807) is 48.8 Å². The molecule has 26 heavy (non-hydrogen) atoms. The molecule has 3 rings (SSSR count). The second-order valence-electron chi connectivity index (χ2n) is 5.25. The van der Waals surface area contributed by atoms with Crippen LogP contribution in [-0.4, -0.2) is 33.5 Å². The molecule has 8 heteroatoms. The number of methoxy groups -OCH3 is 1. The summed E-state index contributed by atoms with van der Waals surface area (Å²) in [5.41, 5.74) is 0.725. The van der Waals surface area contributed by atoms with E-state index in [1.165, 1.54) is 11.8 Å². The second kappa shape index (κ2) is 8.68. The van der Waals surface area contributed by atoms with Gasteiger partial charge in [-0.25, -0.2) is 0 Å². The van der Waals surface area contributed by atoms with E-state index >= 15 is 0 Å². The van der Waals surface area contributed by atoms with Crippen molar-refractivity contribution in [3.8, 4) is 16.5 Å². The molecule has 0 saturated heterocycles. The maximum atomic E-state index is 12.2. The molecule has 0 aliphatic heterocycles. The van der Waals surface area contributed by atoms with Gasteiger partial charge in [0.25, 0.3) is 0 Å². The summed E-state index contributed by atoms with van der Waals surface area (Å²) in [6, 6.07) is 11.2. The van der Waals surface area contributed by atoms with Crippen LogP contribution in [0.15, 0.2) is 59.6 Å². The number of amides is 1. The summed E-state index contributed by atoms with van der Waals surface area (Å²) in [5.74, 6) is 1.67. The Morgan fingerprint density at radius 2 is 2.15 bits per heavy atom. The fourth-order valence-corrected chi connectivity index (χ4v) is 3.74. The third-order valence-electron chi connectivity index (χ3n) is 3.48. The first-order valence-electron chi connectivity index (χ1n) is 7.86. The van der Waals surface area contributed by atoms with Gasteiger partial charge in [0.05, 0.1) is 17.7 Å². The number of ether oxygens (including phenoxy) is 1. The third kappa shape index (κ3) is 4.33. The van der Waals surface area contributed by atoms with E-state index in [4.69, 9.17) is 4.74 Å². The van der Waals surface area contributed by atoms with Crippen LogP contribution in [0, 0.1) is 0 Å². The lowest BCUT2D eigenvalue weighted by molar-refractivity contribution is -0.113. The van der Waals surface area contributed by atoms with Crippen molar-refractivity contribution in [3.63, 3.8) is 0 Å². The number of benzene rings is 1. The van der Waals surface area contributed by atoms with Gasteiger partial charge in [-0.2, -0.15) is 0 Å². The molecule has 0 atom stereocenters. The molecule has 134 valence electrons. The number of hydrogen-bond donors (Lipinski definition) is 1. The number of thioether (sulfide) groups is 1. The summed E-state index contributed by atoms with van der Waals surface area (Å²) >= 11 is 2.95. The number of thiophene rings is 1. The largest absolute Gasteiger partial charge is 0.497 e. The summed E-state index contributed by atoms with van der Waals surface area (Å²) in [5, 5.41) is 14.0. The summed E-state index contributed by atoms with van der Waals surface area (Å²) < 4.78 is 7.07. The molecular weight excluding hydrogens is 368 g/mol. The Labute approximate surface area is 159 Å². The first-order valence-corrected chi connectivity index (χ1v) is 9.72. The first kappa shape index (κ1) is 18.2. The quantitative estimate of drug-likeness (QED) is 0.469. The van der Waals surface area contributed by atoms with E-state index in [9.17, 15) is 4.79 Å². The Balaban J connectivity index is 1.65. The van der Waals surface area contributed by atoms with Gasteiger partial charge in [0.2, 0.25) is 5.91 Å². The van der Waals surface area contributed by atoms with Gasteiger partial charge in [0.1, 0.15) is 5.75 Å². The van der Waals surface area contributed by atoms with E-state index in [2.05, 4.69) is 22.1 Å². The van der Waals surface area contributed by atoms with E-state index in [-0.39, 0.29) is 11.7 Å². The lowest BCUT2D eigenvalue weighted by Crippen LogP contribution is -2.14. The Bertz CT molecular complexity index is 873. The van der Waals surface area contributed by atoms with Crippen molar-refractivity contribution in [2.24, 2.45) is 0 Å². The number of aromatic nitrogens is 3. The Hall–Kier alpha value is -2.58. The van der Waals surface area contributed by atoms with Crippen LogP contribution < -0.4 is 10.1 Å².